The van der Waals surface area contributed by atoms with Crippen molar-refractivity contribution in [3.63, 3.8) is 0 Å². The molecule has 2 rings (SSSR count). The van der Waals surface area contributed by atoms with Crippen LogP contribution >= 0.6 is 0 Å². The summed E-state index contributed by atoms with van der Waals surface area (Å²) < 4.78 is 0. The summed E-state index contributed by atoms with van der Waals surface area (Å²) in [6.45, 7) is 4.25. The lowest BCUT2D eigenvalue weighted by molar-refractivity contribution is 0.666. The van der Waals surface area contributed by atoms with Gasteiger partial charge in [0.05, 0.1) is 17.9 Å². The van der Waals surface area contributed by atoms with Crippen molar-refractivity contribution in [3.05, 3.63) is 59.2 Å². The fraction of sp³-hybridized carbons (Fsp3) is 0.286. The van der Waals surface area contributed by atoms with Crippen LogP contribution in [0.25, 0.3) is 0 Å². The molecule has 1 atom stereocenters. The van der Waals surface area contributed by atoms with Crippen LogP contribution in [0.2, 0.25) is 0 Å². The number of aromatic nitrogens is 2. The summed E-state index contributed by atoms with van der Waals surface area (Å²) in [6, 6.07) is 6.58. The van der Waals surface area contributed by atoms with Crippen LogP contribution in [0, 0.1) is 13.8 Å². The number of hydrogen-bond acceptors (Lipinski definition) is 3. The lowest BCUT2D eigenvalue weighted by Gasteiger charge is -2.16. The largest absolute Gasteiger partial charge is 0.308 e. The fourth-order valence-electron chi connectivity index (χ4n) is 1.89. The third-order valence-electron chi connectivity index (χ3n) is 3.03. The Morgan fingerprint density at radius 2 is 1.94 bits per heavy atom. The summed E-state index contributed by atoms with van der Waals surface area (Å²) in [7, 11) is 1.94. The standard InChI is InChI=1S/C14H17N3/c1-10-4-5-12(8-11(10)2)14(15-3)13-9-16-6-7-17-13/h4-9,14-15H,1-3H3. The highest BCUT2D eigenvalue weighted by Gasteiger charge is 2.13. The molecule has 0 radical (unpaired) electrons. The van der Waals surface area contributed by atoms with Crippen molar-refractivity contribution in [2.75, 3.05) is 7.05 Å². The average Bonchev–Trinajstić information content (AvgIpc) is 2.36. The van der Waals surface area contributed by atoms with Crippen LogP contribution < -0.4 is 5.32 Å². The molecule has 0 amide bonds. The van der Waals surface area contributed by atoms with Gasteiger partial charge in [-0.1, -0.05) is 18.2 Å². The van der Waals surface area contributed by atoms with Gasteiger partial charge in [0.25, 0.3) is 0 Å². The summed E-state index contributed by atoms with van der Waals surface area (Å²) in [6.07, 6.45) is 5.22. The molecule has 1 unspecified atom stereocenters. The molecule has 1 N–H and O–H groups in total. The molecular weight excluding hydrogens is 210 g/mol. The average molecular weight is 227 g/mol. The maximum Gasteiger partial charge on any atom is 0.0801 e. The molecule has 1 aromatic heterocycles. The highest BCUT2D eigenvalue weighted by molar-refractivity contribution is 5.34. The second kappa shape index (κ2) is 5.06. The van der Waals surface area contributed by atoms with E-state index < -0.39 is 0 Å². The van der Waals surface area contributed by atoms with E-state index >= 15 is 0 Å². The van der Waals surface area contributed by atoms with E-state index in [1.54, 1.807) is 18.6 Å². The number of benzene rings is 1. The van der Waals surface area contributed by atoms with Crippen molar-refractivity contribution in [1.82, 2.24) is 15.3 Å². The van der Waals surface area contributed by atoms with E-state index in [1.165, 1.54) is 16.7 Å². The van der Waals surface area contributed by atoms with Gasteiger partial charge in [-0.3, -0.25) is 9.97 Å². The first-order chi connectivity index (χ1) is 8.22. The highest BCUT2D eigenvalue weighted by atomic mass is 14.9. The van der Waals surface area contributed by atoms with Crippen molar-refractivity contribution < 1.29 is 0 Å². The van der Waals surface area contributed by atoms with E-state index in [1.807, 2.05) is 7.05 Å². The van der Waals surface area contributed by atoms with Gasteiger partial charge in [0, 0.05) is 12.4 Å². The van der Waals surface area contributed by atoms with E-state index in [-0.39, 0.29) is 6.04 Å². The normalized spacial score (nSPS) is 12.4. The molecule has 0 saturated heterocycles. The minimum Gasteiger partial charge on any atom is -0.308 e. The van der Waals surface area contributed by atoms with E-state index in [2.05, 4.69) is 47.3 Å². The lowest BCUT2D eigenvalue weighted by Crippen LogP contribution is -2.19. The first kappa shape index (κ1) is 11.7. The summed E-state index contributed by atoms with van der Waals surface area (Å²) in [4.78, 5) is 8.47. The Bertz CT molecular complexity index is 494. The third-order valence-corrected chi connectivity index (χ3v) is 3.03. The molecule has 0 bridgehead atoms. The molecule has 88 valence electrons. The molecule has 0 saturated carbocycles. The lowest BCUT2D eigenvalue weighted by atomic mass is 9.99. The Labute approximate surface area is 102 Å². The molecule has 1 aromatic carbocycles. The Hall–Kier alpha value is -1.74. The molecular formula is C14H17N3. The van der Waals surface area contributed by atoms with Crippen molar-refractivity contribution in [2.24, 2.45) is 0 Å². The quantitative estimate of drug-likeness (QED) is 0.875. The maximum absolute atomic E-state index is 4.35. The first-order valence-corrected chi connectivity index (χ1v) is 5.72. The van der Waals surface area contributed by atoms with E-state index in [4.69, 9.17) is 0 Å². The van der Waals surface area contributed by atoms with Crippen molar-refractivity contribution in [1.29, 1.82) is 0 Å². The zero-order valence-electron chi connectivity index (χ0n) is 10.4. The molecule has 3 heteroatoms. The summed E-state index contributed by atoms with van der Waals surface area (Å²) >= 11 is 0. The molecule has 0 aliphatic rings. The Kier molecular flexibility index (Phi) is 3.49. The second-order valence-corrected chi connectivity index (χ2v) is 4.20. The number of rotatable bonds is 3. The van der Waals surface area contributed by atoms with Crippen molar-refractivity contribution in [3.8, 4) is 0 Å². The third kappa shape index (κ3) is 2.50. The van der Waals surface area contributed by atoms with E-state index in [9.17, 15) is 0 Å². The van der Waals surface area contributed by atoms with Crippen LogP contribution in [0.15, 0.2) is 36.8 Å². The SMILES string of the molecule is CNC(c1ccc(C)c(C)c1)c1cnccn1. The van der Waals surface area contributed by atoms with Crippen LogP contribution in [0.4, 0.5) is 0 Å². The van der Waals surface area contributed by atoms with Gasteiger partial charge in [-0.2, -0.15) is 0 Å². The minimum absolute atomic E-state index is 0.1000. The first-order valence-electron chi connectivity index (χ1n) is 5.72. The van der Waals surface area contributed by atoms with Gasteiger partial charge in [-0.15, -0.1) is 0 Å². The molecule has 1 heterocycles. The van der Waals surface area contributed by atoms with Gasteiger partial charge in [0.1, 0.15) is 0 Å². The Morgan fingerprint density at radius 3 is 2.53 bits per heavy atom. The number of hydrogen-bond donors (Lipinski definition) is 1. The molecule has 2 aromatic rings. The van der Waals surface area contributed by atoms with Crippen molar-refractivity contribution >= 4 is 0 Å². The van der Waals surface area contributed by atoms with Crippen LogP contribution in [-0.4, -0.2) is 17.0 Å². The summed E-state index contributed by atoms with van der Waals surface area (Å²) in [5.41, 5.74) is 4.77. The van der Waals surface area contributed by atoms with Crippen LogP contribution in [0.1, 0.15) is 28.4 Å². The van der Waals surface area contributed by atoms with E-state index in [0.29, 0.717) is 0 Å². The van der Waals surface area contributed by atoms with Crippen LogP contribution in [0.5, 0.6) is 0 Å². The van der Waals surface area contributed by atoms with Crippen LogP contribution in [0.3, 0.4) is 0 Å². The molecule has 0 aliphatic heterocycles. The summed E-state index contributed by atoms with van der Waals surface area (Å²) in [5.74, 6) is 0. The number of nitrogens with one attached hydrogen (secondary N) is 1. The van der Waals surface area contributed by atoms with Crippen LogP contribution in [-0.2, 0) is 0 Å². The van der Waals surface area contributed by atoms with E-state index in [0.717, 1.165) is 5.69 Å². The second-order valence-electron chi connectivity index (χ2n) is 4.20. The van der Waals surface area contributed by atoms with Gasteiger partial charge in [-0.05, 0) is 37.6 Å². The molecule has 17 heavy (non-hydrogen) atoms. The van der Waals surface area contributed by atoms with Gasteiger partial charge in [0.15, 0.2) is 0 Å². The number of nitrogens with zero attached hydrogens (tertiary/aromatic N) is 2. The van der Waals surface area contributed by atoms with Crippen molar-refractivity contribution in [2.45, 2.75) is 19.9 Å². The topological polar surface area (TPSA) is 37.8 Å². The summed E-state index contributed by atoms with van der Waals surface area (Å²) in [5, 5.41) is 3.28. The zero-order valence-corrected chi connectivity index (χ0v) is 10.4. The van der Waals surface area contributed by atoms with Gasteiger partial charge in [0.2, 0.25) is 0 Å². The van der Waals surface area contributed by atoms with Gasteiger partial charge < -0.3 is 5.32 Å². The fourth-order valence-corrected chi connectivity index (χ4v) is 1.89. The molecule has 0 aliphatic carbocycles. The highest BCUT2D eigenvalue weighted by Crippen LogP contribution is 2.21. The molecule has 0 fully saturated rings. The Balaban J connectivity index is 2.39. The molecule has 3 nitrogen and oxygen atoms in total. The molecule has 0 spiro atoms. The number of aryl methyl sites for hydroxylation is 2. The van der Waals surface area contributed by atoms with Gasteiger partial charge in [-0.25, -0.2) is 0 Å². The minimum atomic E-state index is 0.1000. The predicted molar refractivity (Wildman–Crippen MR) is 68.9 cm³/mol. The predicted octanol–water partition coefficient (Wildman–Crippen LogP) is 2.40. The smallest absolute Gasteiger partial charge is 0.0801 e. The van der Waals surface area contributed by atoms with Gasteiger partial charge >= 0.3 is 0 Å². The zero-order chi connectivity index (χ0) is 12.3. The monoisotopic (exact) mass is 227 g/mol. The maximum atomic E-state index is 4.35. The Morgan fingerprint density at radius 1 is 1.12 bits per heavy atom.